The highest BCUT2D eigenvalue weighted by Crippen LogP contribution is 2.31. The third-order valence-corrected chi connectivity index (χ3v) is 2.03. The molecule has 0 aromatic carbocycles. The van der Waals surface area contributed by atoms with Crippen LogP contribution in [0.4, 0.5) is 0 Å². The summed E-state index contributed by atoms with van der Waals surface area (Å²) in [4.78, 5) is 11.3. The van der Waals surface area contributed by atoms with Crippen molar-refractivity contribution in [3.63, 3.8) is 0 Å². The summed E-state index contributed by atoms with van der Waals surface area (Å²) in [6.07, 6.45) is 0. The molecule has 0 saturated carbocycles. The van der Waals surface area contributed by atoms with Gasteiger partial charge in [-0.25, -0.2) is 4.79 Å². The quantitative estimate of drug-likeness (QED) is 0.706. The molecule has 0 saturated heterocycles. The van der Waals surface area contributed by atoms with Gasteiger partial charge in [0.05, 0.1) is 14.2 Å². The molecule has 0 unspecified atom stereocenters. The monoisotopic (exact) mass is 212 g/mol. The van der Waals surface area contributed by atoms with Crippen molar-refractivity contribution in [1.82, 2.24) is 0 Å². The van der Waals surface area contributed by atoms with Crippen LogP contribution in [0.2, 0.25) is 0 Å². The van der Waals surface area contributed by atoms with Crippen molar-refractivity contribution < 1.29 is 18.7 Å². The average Bonchev–Trinajstić information content (AvgIpc) is 2.59. The van der Waals surface area contributed by atoms with Gasteiger partial charge < -0.3 is 13.9 Å². The highest BCUT2D eigenvalue weighted by Gasteiger charge is 2.25. The van der Waals surface area contributed by atoms with E-state index in [1.165, 1.54) is 14.2 Å². The first-order valence-corrected chi connectivity index (χ1v) is 4.66. The Bertz CT molecular complexity index is 357. The topological polar surface area (TPSA) is 48.7 Å². The molecule has 0 aliphatic carbocycles. The van der Waals surface area contributed by atoms with Crippen LogP contribution >= 0.6 is 0 Å². The van der Waals surface area contributed by atoms with Gasteiger partial charge in [0, 0.05) is 11.5 Å². The zero-order valence-corrected chi connectivity index (χ0v) is 9.71. The number of carbonyl (C=O) groups excluding carboxylic acids is 1. The zero-order chi connectivity index (χ0) is 11.6. The third-order valence-electron chi connectivity index (χ3n) is 2.03. The SMILES string of the molecule is COC(=O)c1oc(C(C)(C)C)cc1OC. The number of hydrogen-bond donors (Lipinski definition) is 0. The maximum absolute atomic E-state index is 11.3. The van der Waals surface area contributed by atoms with Crippen molar-refractivity contribution in [1.29, 1.82) is 0 Å². The lowest BCUT2D eigenvalue weighted by Crippen LogP contribution is -2.09. The van der Waals surface area contributed by atoms with Crippen LogP contribution in [0.5, 0.6) is 5.75 Å². The third kappa shape index (κ3) is 2.32. The van der Waals surface area contributed by atoms with E-state index in [1.54, 1.807) is 6.07 Å². The van der Waals surface area contributed by atoms with E-state index in [4.69, 9.17) is 9.15 Å². The Hall–Kier alpha value is -1.45. The van der Waals surface area contributed by atoms with Gasteiger partial charge in [0.25, 0.3) is 5.76 Å². The van der Waals surface area contributed by atoms with Gasteiger partial charge in [-0.05, 0) is 0 Å². The second-order valence-corrected chi connectivity index (χ2v) is 4.25. The number of rotatable bonds is 2. The minimum atomic E-state index is -0.526. The summed E-state index contributed by atoms with van der Waals surface area (Å²) in [7, 11) is 2.80. The summed E-state index contributed by atoms with van der Waals surface area (Å²) in [6, 6.07) is 1.71. The molecule has 4 heteroatoms. The Morgan fingerprint density at radius 3 is 2.33 bits per heavy atom. The van der Waals surface area contributed by atoms with Crippen LogP contribution in [0.25, 0.3) is 0 Å². The van der Waals surface area contributed by atoms with Gasteiger partial charge in [0.15, 0.2) is 5.75 Å². The number of esters is 1. The van der Waals surface area contributed by atoms with Crippen molar-refractivity contribution in [3.8, 4) is 5.75 Å². The normalized spacial score (nSPS) is 11.3. The molecule has 1 aromatic heterocycles. The molecule has 1 rings (SSSR count). The summed E-state index contributed by atoms with van der Waals surface area (Å²) in [5.74, 6) is 0.693. The molecule has 0 aliphatic heterocycles. The Labute approximate surface area is 89.2 Å². The van der Waals surface area contributed by atoms with Gasteiger partial charge in [-0.1, -0.05) is 20.8 Å². The summed E-state index contributed by atoms with van der Waals surface area (Å²) in [5, 5.41) is 0. The summed E-state index contributed by atoms with van der Waals surface area (Å²) in [6.45, 7) is 5.98. The second kappa shape index (κ2) is 3.96. The van der Waals surface area contributed by atoms with Crippen LogP contribution in [-0.4, -0.2) is 20.2 Å². The van der Waals surface area contributed by atoms with Gasteiger partial charge >= 0.3 is 5.97 Å². The maximum atomic E-state index is 11.3. The van der Waals surface area contributed by atoms with Crippen LogP contribution in [-0.2, 0) is 10.2 Å². The fourth-order valence-corrected chi connectivity index (χ4v) is 1.13. The van der Waals surface area contributed by atoms with E-state index in [9.17, 15) is 4.79 Å². The van der Waals surface area contributed by atoms with Crippen LogP contribution < -0.4 is 4.74 Å². The summed E-state index contributed by atoms with van der Waals surface area (Å²) in [5.41, 5.74) is -0.167. The van der Waals surface area contributed by atoms with E-state index in [0.29, 0.717) is 11.5 Å². The van der Waals surface area contributed by atoms with Gasteiger partial charge in [-0.3, -0.25) is 0 Å². The largest absolute Gasteiger partial charge is 0.492 e. The first-order chi connectivity index (χ1) is 6.90. The maximum Gasteiger partial charge on any atom is 0.377 e. The predicted octanol–water partition coefficient (Wildman–Crippen LogP) is 2.37. The van der Waals surface area contributed by atoms with E-state index in [-0.39, 0.29) is 11.2 Å². The predicted molar refractivity (Wildman–Crippen MR) is 55.3 cm³/mol. The number of methoxy groups -OCH3 is 2. The molecule has 0 aliphatic rings. The number of carbonyl (C=O) groups is 1. The first kappa shape index (κ1) is 11.6. The highest BCUT2D eigenvalue weighted by atomic mass is 16.5. The second-order valence-electron chi connectivity index (χ2n) is 4.25. The van der Waals surface area contributed by atoms with Crippen molar-refractivity contribution in [3.05, 3.63) is 17.6 Å². The van der Waals surface area contributed by atoms with E-state index in [2.05, 4.69) is 4.74 Å². The number of ether oxygens (including phenoxy) is 2. The molecule has 0 atom stereocenters. The van der Waals surface area contributed by atoms with E-state index >= 15 is 0 Å². The molecule has 1 heterocycles. The van der Waals surface area contributed by atoms with E-state index in [0.717, 1.165) is 0 Å². The Morgan fingerprint density at radius 1 is 1.33 bits per heavy atom. The van der Waals surface area contributed by atoms with Crippen molar-refractivity contribution in [2.45, 2.75) is 26.2 Å². The van der Waals surface area contributed by atoms with E-state index in [1.807, 2.05) is 20.8 Å². The lowest BCUT2D eigenvalue weighted by molar-refractivity contribution is 0.0556. The Kier molecular flexibility index (Phi) is 3.07. The minimum Gasteiger partial charge on any atom is -0.492 e. The van der Waals surface area contributed by atoms with Gasteiger partial charge in [-0.15, -0.1) is 0 Å². The van der Waals surface area contributed by atoms with Crippen molar-refractivity contribution in [2.24, 2.45) is 0 Å². The molecular formula is C11H16O4. The molecule has 84 valence electrons. The zero-order valence-electron chi connectivity index (χ0n) is 9.71. The Morgan fingerprint density at radius 2 is 1.93 bits per heavy atom. The molecule has 0 fully saturated rings. The lowest BCUT2D eigenvalue weighted by atomic mass is 9.93. The summed E-state index contributed by atoms with van der Waals surface area (Å²) >= 11 is 0. The average molecular weight is 212 g/mol. The molecular weight excluding hydrogens is 196 g/mol. The van der Waals surface area contributed by atoms with Crippen LogP contribution in [0.15, 0.2) is 10.5 Å². The van der Waals surface area contributed by atoms with Gasteiger partial charge in [0.2, 0.25) is 0 Å². The lowest BCUT2D eigenvalue weighted by Gasteiger charge is -2.13. The fourth-order valence-electron chi connectivity index (χ4n) is 1.13. The smallest absolute Gasteiger partial charge is 0.377 e. The fraction of sp³-hybridized carbons (Fsp3) is 0.545. The van der Waals surface area contributed by atoms with Crippen molar-refractivity contribution >= 4 is 5.97 Å². The van der Waals surface area contributed by atoms with Crippen LogP contribution in [0.1, 0.15) is 37.1 Å². The van der Waals surface area contributed by atoms with Crippen LogP contribution in [0.3, 0.4) is 0 Å². The molecule has 0 N–H and O–H groups in total. The molecule has 4 nitrogen and oxygen atoms in total. The first-order valence-electron chi connectivity index (χ1n) is 4.66. The number of hydrogen-bond acceptors (Lipinski definition) is 4. The highest BCUT2D eigenvalue weighted by molar-refractivity contribution is 5.89. The molecule has 0 amide bonds. The van der Waals surface area contributed by atoms with Gasteiger partial charge in [0.1, 0.15) is 5.76 Å². The molecule has 0 radical (unpaired) electrons. The minimum absolute atomic E-state index is 0.116. The standard InChI is InChI=1S/C11H16O4/c1-11(2,3)8-6-7(13-4)9(15-8)10(12)14-5/h6H,1-5H3. The molecule has 0 spiro atoms. The molecule has 15 heavy (non-hydrogen) atoms. The molecule has 1 aromatic rings. The van der Waals surface area contributed by atoms with Crippen molar-refractivity contribution in [2.75, 3.05) is 14.2 Å². The van der Waals surface area contributed by atoms with Gasteiger partial charge in [-0.2, -0.15) is 0 Å². The van der Waals surface area contributed by atoms with E-state index < -0.39 is 5.97 Å². The Balaban J connectivity index is 3.17. The number of furan rings is 1. The molecule has 0 bridgehead atoms. The van der Waals surface area contributed by atoms with Crippen LogP contribution in [0, 0.1) is 0 Å². The summed E-state index contributed by atoms with van der Waals surface area (Å²) < 4.78 is 15.1.